The van der Waals surface area contributed by atoms with Gasteiger partial charge in [-0.25, -0.2) is 0 Å². The quantitative estimate of drug-likeness (QED) is 0.538. The number of hydrogen-bond acceptors (Lipinski definition) is 3. The van der Waals surface area contributed by atoms with Gasteiger partial charge in [0.15, 0.2) is 11.6 Å². The Bertz CT molecular complexity index is 227. The molecule has 1 rings (SSSR count). The van der Waals surface area contributed by atoms with Crippen molar-refractivity contribution < 1.29 is 9.59 Å². The number of rotatable bonds is 0. The lowest BCUT2D eigenvalue weighted by Gasteiger charge is -2.30. The molecule has 68 valence electrons. The molecule has 0 radical (unpaired) electrons. The van der Waals surface area contributed by atoms with E-state index >= 15 is 0 Å². The van der Waals surface area contributed by atoms with Crippen molar-refractivity contribution in [3.8, 4) is 0 Å². The topological polar surface area (TPSA) is 60.2 Å². The number of Topliss-reactive ketones (excluding diaryl/α,β-unsaturated/α-hetero) is 2. The van der Waals surface area contributed by atoms with Crippen LogP contribution in [0.1, 0.15) is 27.7 Å². The Morgan fingerprint density at radius 3 is 1.33 bits per heavy atom. The van der Waals surface area contributed by atoms with Crippen molar-refractivity contribution in [2.75, 3.05) is 0 Å². The molecule has 0 spiro atoms. The van der Waals surface area contributed by atoms with Crippen LogP contribution in [0.15, 0.2) is 0 Å². The fourth-order valence-corrected chi connectivity index (χ4v) is 1.51. The SMILES string of the molecule is CC1(C)C(=O)C(N)C(=O)C1(C)C. The average Bonchev–Trinajstić information content (AvgIpc) is 2.05. The Labute approximate surface area is 72.3 Å². The van der Waals surface area contributed by atoms with Crippen LogP contribution in [0.4, 0.5) is 0 Å². The molecule has 0 saturated heterocycles. The van der Waals surface area contributed by atoms with E-state index in [2.05, 4.69) is 0 Å². The van der Waals surface area contributed by atoms with Gasteiger partial charge in [0.05, 0.1) is 0 Å². The van der Waals surface area contributed by atoms with Crippen LogP contribution in [-0.2, 0) is 9.59 Å². The Balaban J connectivity index is 3.24. The van der Waals surface area contributed by atoms with Crippen molar-refractivity contribution in [2.45, 2.75) is 33.7 Å². The van der Waals surface area contributed by atoms with Crippen LogP contribution in [0.5, 0.6) is 0 Å². The number of carbonyl (C=O) groups excluding carboxylic acids is 2. The number of ketones is 2. The first-order chi connectivity index (χ1) is 5.23. The molecule has 0 amide bonds. The average molecular weight is 169 g/mol. The fourth-order valence-electron chi connectivity index (χ4n) is 1.51. The van der Waals surface area contributed by atoms with Crippen molar-refractivity contribution in [3.63, 3.8) is 0 Å². The molecule has 2 N–H and O–H groups in total. The molecule has 3 heteroatoms. The summed E-state index contributed by atoms with van der Waals surface area (Å²) in [6.07, 6.45) is 0. The maximum Gasteiger partial charge on any atom is 0.163 e. The van der Waals surface area contributed by atoms with Crippen LogP contribution in [0.3, 0.4) is 0 Å². The molecule has 12 heavy (non-hydrogen) atoms. The van der Waals surface area contributed by atoms with Crippen LogP contribution >= 0.6 is 0 Å². The third-order valence-electron chi connectivity index (χ3n) is 3.36. The largest absolute Gasteiger partial charge is 0.315 e. The lowest BCUT2D eigenvalue weighted by Crippen LogP contribution is -2.35. The first kappa shape index (κ1) is 9.39. The van der Waals surface area contributed by atoms with Gasteiger partial charge in [-0.05, 0) is 0 Å². The van der Waals surface area contributed by atoms with Gasteiger partial charge >= 0.3 is 0 Å². The summed E-state index contributed by atoms with van der Waals surface area (Å²) in [4.78, 5) is 23.0. The van der Waals surface area contributed by atoms with Crippen molar-refractivity contribution in [1.82, 2.24) is 0 Å². The summed E-state index contributed by atoms with van der Waals surface area (Å²) in [6.45, 7) is 7.11. The van der Waals surface area contributed by atoms with Crippen LogP contribution in [0.2, 0.25) is 0 Å². The molecule has 0 aromatic heterocycles. The Morgan fingerprint density at radius 1 is 1.00 bits per heavy atom. The molecule has 1 saturated carbocycles. The zero-order valence-corrected chi connectivity index (χ0v) is 7.97. The summed E-state index contributed by atoms with van der Waals surface area (Å²) in [5.74, 6) is -0.282. The molecule has 0 aromatic carbocycles. The van der Waals surface area contributed by atoms with Gasteiger partial charge in [0.1, 0.15) is 6.04 Å². The highest BCUT2D eigenvalue weighted by molar-refractivity contribution is 6.18. The maximum atomic E-state index is 11.5. The van der Waals surface area contributed by atoms with Crippen molar-refractivity contribution in [3.05, 3.63) is 0 Å². The lowest BCUT2D eigenvalue weighted by molar-refractivity contribution is -0.129. The van der Waals surface area contributed by atoms with Gasteiger partial charge in [-0.3, -0.25) is 9.59 Å². The third-order valence-corrected chi connectivity index (χ3v) is 3.36. The molecule has 1 aliphatic carbocycles. The highest BCUT2D eigenvalue weighted by Crippen LogP contribution is 2.46. The van der Waals surface area contributed by atoms with Gasteiger partial charge in [-0.15, -0.1) is 0 Å². The van der Waals surface area contributed by atoms with Gasteiger partial charge in [0.2, 0.25) is 0 Å². The molecule has 3 nitrogen and oxygen atoms in total. The van der Waals surface area contributed by atoms with Gasteiger partial charge in [0.25, 0.3) is 0 Å². The normalized spacial score (nSPS) is 28.1. The Kier molecular flexibility index (Phi) is 1.69. The van der Waals surface area contributed by atoms with Crippen LogP contribution in [0.25, 0.3) is 0 Å². The van der Waals surface area contributed by atoms with E-state index in [1.807, 2.05) is 0 Å². The predicted octanol–water partition coefficient (Wildman–Crippen LogP) is 0.518. The first-order valence-electron chi connectivity index (χ1n) is 4.07. The van der Waals surface area contributed by atoms with Crippen LogP contribution in [0, 0.1) is 10.8 Å². The summed E-state index contributed by atoms with van der Waals surface area (Å²) >= 11 is 0. The van der Waals surface area contributed by atoms with Gasteiger partial charge in [0, 0.05) is 10.8 Å². The van der Waals surface area contributed by atoms with Crippen LogP contribution in [-0.4, -0.2) is 17.6 Å². The van der Waals surface area contributed by atoms with Gasteiger partial charge in [-0.2, -0.15) is 0 Å². The Morgan fingerprint density at radius 2 is 1.25 bits per heavy atom. The summed E-state index contributed by atoms with van der Waals surface area (Å²) in [7, 11) is 0. The molecule has 1 fully saturated rings. The number of nitrogens with two attached hydrogens (primary N) is 1. The van der Waals surface area contributed by atoms with E-state index in [1.165, 1.54) is 0 Å². The third kappa shape index (κ3) is 0.800. The van der Waals surface area contributed by atoms with E-state index < -0.39 is 16.9 Å². The van der Waals surface area contributed by atoms with E-state index in [-0.39, 0.29) is 11.6 Å². The second kappa shape index (κ2) is 2.16. The molecule has 0 heterocycles. The van der Waals surface area contributed by atoms with E-state index in [9.17, 15) is 9.59 Å². The number of carbonyl (C=O) groups is 2. The van der Waals surface area contributed by atoms with E-state index in [0.717, 1.165) is 0 Å². The minimum atomic E-state index is -0.907. The van der Waals surface area contributed by atoms with Gasteiger partial charge in [-0.1, -0.05) is 27.7 Å². The van der Waals surface area contributed by atoms with Crippen molar-refractivity contribution in [1.29, 1.82) is 0 Å². The van der Waals surface area contributed by atoms with E-state index in [1.54, 1.807) is 27.7 Å². The minimum Gasteiger partial charge on any atom is -0.315 e. The minimum absolute atomic E-state index is 0.141. The number of hydrogen-bond donors (Lipinski definition) is 1. The molecule has 0 atom stereocenters. The fraction of sp³-hybridized carbons (Fsp3) is 0.778. The standard InChI is InChI=1S/C9H15NO2/c1-8(2)6(11)5(10)7(12)9(8,3)4/h5H,10H2,1-4H3. The zero-order chi connectivity index (χ0) is 9.73. The van der Waals surface area contributed by atoms with Gasteiger partial charge < -0.3 is 5.73 Å². The molecular weight excluding hydrogens is 154 g/mol. The maximum absolute atomic E-state index is 11.5. The lowest BCUT2D eigenvalue weighted by atomic mass is 9.70. The molecular formula is C9H15NO2. The zero-order valence-electron chi connectivity index (χ0n) is 7.97. The van der Waals surface area contributed by atoms with E-state index in [4.69, 9.17) is 5.73 Å². The highest BCUT2D eigenvalue weighted by atomic mass is 16.2. The second-order valence-electron chi connectivity index (χ2n) is 4.46. The molecule has 0 aliphatic heterocycles. The summed E-state index contributed by atoms with van der Waals surface area (Å²) in [5, 5.41) is 0. The van der Waals surface area contributed by atoms with E-state index in [0.29, 0.717) is 0 Å². The van der Waals surface area contributed by atoms with Crippen LogP contribution < -0.4 is 5.73 Å². The summed E-state index contributed by atoms with van der Waals surface area (Å²) in [5.41, 5.74) is 4.23. The second-order valence-corrected chi connectivity index (χ2v) is 4.46. The first-order valence-corrected chi connectivity index (χ1v) is 4.07. The molecule has 0 unspecified atom stereocenters. The smallest absolute Gasteiger partial charge is 0.163 e. The predicted molar refractivity (Wildman–Crippen MR) is 45.6 cm³/mol. The highest BCUT2D eigenvalue weighted by Gasteiger charge is 2.58. The monoisotopic (exact) mass is 169 g/mol. The molecule has 0 aromatic rings. The summed E-state index contributed by atoms with van der Waals surface area (Å²) < 4.78 is 0. The summed E-state index contributed by atoms with van der Waals surface area (Å²) in [6, 6.07) is -0.907. The van der Waals surface area contributed by atoms with Crippen molar-refractivity contribution >= 4 is 11.6 Å². The molecule has 1 aliphatic rings. The van der Waals surface area contributed by atoms with Crippen molar-refractivity contribution in [2.24, 2.45) is 16.6 Å². The Hall–Kier alpha value is -0.700. The molecule has 0 bridgehead atoms.